The van der Waals surface area contributed by atoms with Crippen molar-refractivity contribution in [3.8, 4) is 62.1 Å². The monoisotopic (exact) mass is 846 g/mol. The number of benzene rings is 9. The van der Waals surface area contributed by atoms with Crippen LogP contribution in [0.15, 0.2) is 203 Å². The van der Waals surface area contributed by atoms with Gasteiger partial charge in [0.05, 0.1) is 16.6 Å². The van der Waals surface area contributed by atoms with Gasteiger partial charge >= 0.3 is 0 Å². The number of para-hydroxylation sites is 3. The predicted molar refractivity (Wildman–Crippen MR) is 268 cm³/mol. The number of nitrogens with zero attached hydrogens (tertiary/aromatic N) is 4. The van der Waals surface area contributed by atoms with Crippen molar-refractivity contribution in [3.63, 3.8) is 0 Å². The molecule has 13 aromatic rings. The molecule has 0 fully saturated rings. The number of furan rings is 2. The number of fused-ring (bicyclic) bond motifs is 12. The number of hydrogen-bond acceptors (Lipinski definition) is 5. The summed E-state index contributed by atoms with van der Waals surface area (Å²) in [7, 11) is 0. The van der Waals surface area contributed by atoms with Crippen LogP contribution in [0.25, 0.3) is 128 Å². The molecule has 6 heteroatoms. The summed E-state index contributed by atoms with van der Waals surface area (Å²) in [5, 5.41) is 6.46. The van der Waals surface area contributed by atoms with E-state index < -0.39 is 0 Å². The highest BCUT2D eigenvalue weighted by molar-refractivity contribution is 6.15. The van der Waals surface area contributed by atoms with Gasteiger partial charge in [-0.1, -0.05) is 141 Å². The van der Waals surface area contributed by atoms with Gasteiger partial charge in [-0.15, -0.1) is 0 Å². The summed E-state index contributed by atoms with van der Waals surface area (Å²) in [6.45, 7) is 4.71. The van der Waals surface area contributed by atoms with E-state index in [2.05, 4.69) is 140 Å². The lowest BCUT2D eigenvalue weighted by molar-refractivity contribution is 0.661. The van der Waals surface area contributed by atoms with Crippen molar-refractivity contribution in [2.75, 3.05) is 0 Å². The second kappa shape index (κ2) is 13.7. The fraction of sp³-hybridized carbons (Fsp3) is 0.0500. The molecule has 0 unspecified atom stereocenters. The van der Waals surface area contributed by atoms with Crippen LogP contribution in [0.1, 0.15) is 25.0 Å². The summed E-state index contributed by atoms with van der Waals surface area (Å²) < 4.78 is 15.5. The van der Waals surface area contributed by atoms with E-state index in [-0.39, 0.29) is 5.41 Å². The van der Waals surface area contributed by atoms with Crippen LogP contribution in [0.4, 0.5) is 0 Å². The summed E-state index contributed by atoms with van der Waals surface area (Å²) in [5.74, 6) is 1.67. The average molecular weight is 847 g/mol. The van der Waals surface area contributed by atoms with Crippen LogP contribution in [0.3, 0.4) is 0 Å². The third-order valence-electron chi connectivity index (χ3n) is 13.9. The second-order valence-corrected chi connectivity index (χ2v) is 17.9. The topological polar surface area (TPSA) is 69.9 Å². The van der Waals surface area contributed by atoms with Crippen LogP contribution in [0.2, 0.25) is 0 Å². The Balaban J connectivity index is 0.962. The quantitative estimate of drug-likeness (QED) is 0.173. The first-order valence-electron chi connectivity index (χ1n) is 22.4. The molecule has 14 rings (SSSR count). The molecule has 0 saturated heterocycles. The lowest BCUT2D eigenvalue weighted by Gasteiger charge is -2.21. The Morgan fingerprint density at radius 3 is 1.86 bits per heavy atom. The van der Waals surface area contributed by atoms with Gasteiger partial charge < -0.3 is 13.4 Å². The van der Waals surface area contributed by atoms with Gasteiger partial charge in [-0.05, 0) is 100 Å². The summed E-state index contributed by atoms with van der Waals surface area (Å²) >= 11 is 0. The highest BCUT2D eigenvalue weighted by Gasteiger charge is 2.36. The van der Waals surface area contributed by atoms with Gasteiger partial charge in [0.2, 0.25) is 0 Å². The second-order valence-electron chi connectivity index (χ2n) is 17.9. The summed E-state index contributed by atoms with van der Waals surface area (Å²) in [6, 6.07) is 68.4. The molecule has 310 valence electrons. The fourth-order valence-electron chi connectivity index (χ4n) is 10.7. The molecule has 1 aliphatic rings. The Morgan fingerprint density at radius 2 is 1.00 bits per heavy atom. The zero-order valence-corrected chi connectivity index (χ0v) is 36.1. The zero-order valence-electron chi connectivity index (χ0n) is 36.1. The van der Waals surface area contributed by atoms with Crippen molar-refractivity contribution >= 4 is 65.7 Å². The fourth-order valence-corrected chi connectivity index (χ4v) is 10.7. The minimum Gasteiger partial charge on any atom is -0.456 e. The molecule has 4 heterocycles. The zero-order chi connectivity index (χ0) is 43.7. The first-order valence-corrected chi connectivity index (χ1v) is 22.4. The highest BCUT2D eigenvalue weighted by atomic mass is 16.3. The predicted octanol–water partition coefficient (Wildman–Crippen LogP) is 15.7. The molecule has 0 aliphatic heterocycles. The summed E-state index contributed by atoms with van der Waals surface area (Å²) in [4.78, 5) is 15.5. The molecule has 6 nitrogen and oxygen atoms in total. The molecule has 0 atom stereocenters. The molecule has 0 saturated carbocycles. The lowest BCUT2D eigenvalue weighted by Crippen LogP contribution is -2.14. The maximum Gasteiger partial charge on any atom is 0.167 e. The Labute approximate surface area is 379 Å². The molecule has 0 N–H and O–H groups in total. The Bertz CT molecular complexity index is 4140. The SMILES string of the molecule is CC1(C)c2ccccc2-c2cc3c(cc21)c1cc(-c2ccc4oc5cccc(-c6nc(-c7ccccc7)nc(-c7cccc8c7oc7ccccc78)n6)c5c4c2)ccc1n3-c1ccccc1. The normalized spacial score (nSPS) is 13.1. The van der Waals surface area contributed by atoms with Gasteiger partial charge in [0.25, 0.3) is 0 Å². The van der Waals surface area contributed by atoms with Crippen molar-refractivity contribution in [2.24, 2.45) is 0 Å². The van der Waals surface area contributed by atoms with Gasteiger partial charge in [0.1, 0.15) is 22.3 Å². The van der Waals surface area contributed by atoms with Crippen LogP contribution in [0, 0.1) is 0 Å². The van der Waals surface area contributed by atoms with Crippen LogP contribution in [-0.4, -0.2) is 19.5 Å². The van der Waals surface area contributed by atoms with Crippen molar-refractivity contribution in [3.05, 3.63) is 205 Å². The van der Waals surface area contributed by atoms with Gasteiger partial charge in [0.15, 0.2) is 17.5 Å². The summed E-state index contributed by atoms with van der Waals surface area (Å²) in [5.41, 5.74) is 16.7. The number of hydrogen-bond donors (Lipinski definition) is 0. The van der Waals surface area contributed by atoms with E-state index in [1.165, 1.54) is 44.1 Å². The lowest BCUT2D eigenvalue weighted by atomic mass is 9.82. The van der Waals surface area contributed by atoms with Gasteiger partial charge in [-0.2, -0.15) is 0 Å². The van der Waals surface area contributed by atoms with E-state index >= 15 is 0 Å². The molecular formula is C60H38N4O2. The molecule has 66 heavy (non-hydrogen) atoms. The summed E-state index contributed by atoms with van der Waals surface area (Å²) in [6.07, 6.45) is 0. The number of rotatable bonds is 5. The standard InChI is InChI=1S/C60H38N4O2/c1-60(2)48-24-11-9-19-39(48)44-34-51-46(33-49(44)60)45-31-36(27-29-50(45)64(51)38-17-7-4-8-18-38)37-28-30-53-47(32-37)55-42(22-14-26-54(55)65-53)58-61-57(35-15-5-3-6-16-35)62-59(63-58)43-23-13-21-41-40-20-10-12-25-52(40)66-56(41)43/h3-34H,1-2H3. The van der Waals surface area contributed by atoms with Crippen LogP contribution >= 0.6 is 0 Å². The Kier molecular flexibility index (Phi) is 7.64. The molecule has 0 spiro atoms. The van der Waals surface area contributed by atoms with Gasteiger partial charge in [-0.3, -0.25) is 0 Å². The van der Waals surface area contributed by atoms with E-state index in [0.29, 0.717) is 17.5 Å². The molecule has 0 bridgehead atoms. The third-order valence-corrected chi connectivity index (χ3v) is 13.9. The van der Waals surface area contributed by atoms with Crippen molar-refractivity contribution in [2.45, 2.75) is 19.3 Å². The van der Waals surface area contributed by atoms with E-state index in [4.69, 9.17) is 23.8 Å². The molecule has 4 aromatic heterocycles. The van der Waals surface area contributed by atoms with E-state index in [1.807, 2.05) is 72.8 Å². The van der Waals surface area contributed by atoms with Crippen molar-refractivity contribution < 1.29 is 8.83 Å². The molecular weight excluding hydrogens is 809 g/mol. The first kappa shape index (κ1) is 36.8. The van der Waals surface area contributed by atoms with Gasteiger partial charge in [-0.25, -0.2) is 15.0 Å². The van der Waals surface area contributed by atoms with E-state index in [9.17, 15) is 0 Å². The maximum atomic E-state index is 6.61. The van der Waals surface area contributed by atoms with E-state index in [0.717, 1.165) is 77.4 Å². The third kappa shape index (κ3) is 5.33. The maximum absolute atomic E-state index is 6.61. The minimum absolute atomic E-state index is 0.119. The smallest absolute Gasteiger partial charge is 0.167 e. The van der Waals surface area contributed by atoms with Crippen molar-refractivity contribution in [1.82, 2.24) is 19.5 Å². The van der Waals surface area contributed by atoms with Crippen molar-refractivity contribution in [1.29, 1.82) is 0 Å². The van der Waals surface area contributed by atoms with E-state index in [1.54, 1.807) is 0 Å². The van der Waals surface area contributed by atoms with Crippen LogP contribution < -0.4 is 0 Å². The molecule has 0 amide bonds. The molecule has 1 aliphatic carbocycles. The van der Waals surface area contributed by atoms with Crippen LogP contribution in [-0.2, 0) is 5.41 Å². The molecule has 9 aromatic carbocycles. The average Bonchev–Trinajstić information content (AvgIpc) is 4.10. The Morgan fingerprint density at radius 1 is 0.379 bits per heavy atom. The minimum atomic E-state index is -0.119. The first-order chi connectivity index (χ1) is 32.5. The highest BCUT2D eigenvalue weighted by Crippen LogP contribution is 2.51. The van der Waals surface area contributed by atoms with Crippen LogP contribution in [0.5, 0.6) is 0 Å². The molecule has 0 radical (unpaired) electrons. The number of aromatic nitrogens is 4. The van der Waals surface area contributed by atoms with Gasteiger partial charge in [0, 0.05) is 54.5 Å². The largest absolute Gasteiger partial charge is 0.456 e. The Hall–Kier alpha value is -8.61.